The second-order valence-electron chi connectivity index (χ2n) is 5.13. The normalized spacial score (nSPS) is 24.6. The molecule has 0 radical (unpaired) electrons. The quantitative estimate of drug-likeness (QED) is 0.863. The van der Waals surface area contributed by atoms with Crippen LogP contribution in [-0.4, -0.2) is 19.7 Å². The Morgan fingerprint density at radius 2 is 2.18 bits per heavy atom. The van der Waals surface area contributed by atoms with Crippen LogP contribution < -0.4 is 10.1 Å². The molecule has 0 saturated carbocycles. The zero-order chi connectivity index (χ0) is 12.1. The summed E-state index contributed by atoms with van der Waals surface area (Å²) in [4.78, 5) is 0. The fraction of sp³-hybridized carbons (Fsp3) is 0.600. The second kappa shape index (κ2) is 6.06. The number of benzene rings is 1. The summed E-state index contributed by atoms with van der Waals surface area (Å²) in [5, 5.41) is 3.62. The van der Waals surface area contributed by atoms with E-state index in [2.05, 4.69) is 24.4 Å². The van der Waals surface area contributed by atoms with Gasteiger partial charge >= 0.3 is 0 Å². The highest BCUT2D eigenvalue weighted by molar-refractivity contribution is 5.33. The maximum atomic E-state index is 5.39. The Bertz CT molecular complexity index is 351. The zero-order valence-corrected chi connectivity index (χ0v) is 10.9. The highest BCUT2D eigenvalue weighted by atomic mass is 16.5. The highest BCUT2D eigenvalue weighted by Gasteiger charge is 2.18. The van der Waals surface area contributed by atoms with Gasteiger partial charge in [-0.05, 0) is 49.8 Å². The van der Waals surface area contributed by atoms with E-state index in [0.29, 0.717) is 6.04 Å². The van der Waals surface area contributed by atoms with Gasteiger partial charge in [0.25, 0.3) is 0 Å². The van der Waals surface area contributed by atoms with Crippen molar-refractivity contribution in [3.63, 3.8) is 0 Å². The summed E-state index contributed by atoms with van der Waals surface area (Å²) in [7, 11) is 1.75. The van der Waals surface area contributed by atoms with Crippen molar-refractivity contribution in [3.05, 3.63) is 29.8 Å². The van der Waals surface area contributed by atoms with Crippen LogP contribution in [-0.2, 0) is 6.42 Å². The molecule has 0 bridgehead atoms. The molecule has 2 unspecified atom stereocenters. The SMILES string of the molecule is COc1ccccc1CCC1CC(C)CCN1. The first kappa shape index (κ1) is 12.4. The minimum absolute atomic E-state index is 0.684. The lowest BCUT2D eigenvalue weighted by molar-refractivity contribution is 0.307. The van der Waals surface area contributed by atoms with Crippen LogP contribution in [0.5, 0.6) is 5.75 Å². The molecule has 1 saturated heterocycles. The molecule has 0 amide bonds. The van der Waals surface area contributed by atoms with Gasteiger partial charge in [0.05, 0.1) is 7.11 Å². The molecule has 0 aromatic heterocycles. The fourth-order valence-electron chi connectivity index (χ4n) is 2.68. The Labute approximate surface area is 104 Å². The van der Waals surface area contributed by atoms with E-state index in [4.69, 9.17) is 4.74 Å². The summed E-state index contributed by atoms with van der Waals surface area (Å²) in [5.74, 6) is 1.90. The van der Waals surface area contributed by atoms with E-state index in [1.165, 1.54) is 31.4 Å². The largest absolute Gasteiger partial charge is 0.496 e. The van der Waals surface area contributed by atoms with Gasteiger partial charge in [0.15, 0.2) is 0 Å². The molecule has 0 aliphatic carbocycles. The van der Waals surface area contributed by atoms with Crippen molar-refractivity contribution in [2.75, 3.05) is 13.7 Å². The number of rotatable bonds is 4. The van der Waals surface area contributed by atoms with Crippen molar-refractivity contribution >= 4 is 0 Å². The Morgan fingerprint density at radius 3 is 2.94 bits per heavy atom. The van der Waals surface area contributed by atoms with Crippen molar-refractivity contribution < 1.29 is 4.74 Å². The monoisotopic (exact) mass is 233 g/mol. The van der Waals surface area contributed by atoms with Crippen LogP contribution in [0.1, 0.15) is 31.7 Å². The third-order valence-electron chi connectivity index (χ3n) is 3.71. The number of para-hydroxylation sites is 1. The van der Waals surface area contributed by atoms with Gasteiger partial charge in [-0.15, -0.1) is 0 Å². The molecule has 2 rings (SSSR count). The fourth-order valence-corrected chi connectivity index (χ4v) is 2.68. The van der Waals surface area contributed by atoms with E-state index in [-0.39, 0.29) is 0 Å². The van der Waals surface area contributed by atoms with Gasteiger partial charge < -0.3 is 10.1 Å². The van der Waals surface area contributed by atoms with Crippen molar-refractivity contribution in [1.82, 2.24) is 5.32 Å². The van der Waals surface area contributed by atoms with Crippen molar-refractivity contribution in [2.24, 2.45) is 5.92 Å². The second-order valence-corrected chi connectivity index (χ2v) is 5.13. The topological polar surface area (TPSA) is 21.3 Å². The van der Waals surface area contributed by atoms with Crippen LogP contribution in [0.25, 0.3) is 0 Å². The van der Waals surface area contributed by atoms with Crippen molar-refractivity contribution in [3.8, 4) is 5.75 Å². The standard InChI is InChI=1S/C15H23NO/c1-12-9-10-16-14(11-12)8-7-13-5-3-4-6-15(13)17-2/h3-6,12,14,16H,7-11H2,1-2H3. The average molecular weight is 233 g/mol. The van der Waals surface area contributed by atoms with Gasteiger partial charge in [0, 0.05) is 6.04 Å². The van der Waals surface area contributed by atoms with Crippen LogP contribution in [0.3, 0.4) is 0 Å². The number of hydrogen-bond acceptors (Lipinski definition) is 2. The summed E-state index contributed by atoms with van der Waals surface area (Å²) in [6, 6.07) is 9.03. The van der Waals surface area contributed by atoms with Crippen LogP contribution >= 0.6 is 0 Å². The predicted octanol–water partition coefficient (Wildman–Crippen LogP) is 3.02. The van der Waals surface area contributed by atoms with E-state index >= 15 is 0 Å². The van der Waals surface area contributed by atoms with E-state index in [1.54, 1.807) is 7.11 Å². The smallest absolute Gasteiger partial charge is 0.122 e. The van der Waals surface area contributed by atoms with Gasteiger partial charge in [0.1, 0.15) is 5.75 Å². The molecule has 1 N–H and O–H groups in total. The minimum Gasteiger partial charge on any atom is -0.496 e. The van der Waals surface area contributed by atoms with Gasteiger partial charge in [0.2, 0.25) is 0 Å². The van der Waals surface area contributed by atoms with Gasteiger partial charge in [-0.25, -0.2) is 0 Å². The number of piperidine rings is 1. The van der Waals surface area contributed by atoms with Crippen molar-refractivity contribution in [2.45, 2.75) is 38.6 Å². The Kier molecular flexibility index (Phi) is 4.43. The first-order chi connectivity index (χ1) is 8.29. The third kappa shape index (κ3) is 3.47. The average Bonchev–Trinajstić information content (AvgIpc) is 2.37. The number of aryl methyl sites for hydroxylation is 1. The zero-order valence-electron chi connectivity index (χ0n) is 10.9. The summed E-state index contributed by atoms with van der Waals surface area (Å²) >= 11 is 0. The molecule has 94 valence electrons. The predicted molar refractivity (Wildman–Crippen MR) is 71.5 cm³/mol. The van der Waals surface area contributed by atoms with Gasteiger partial charge in [-0.1, -0.05) is 25.1 Å². The Morgan fingerprint density at radius 1 is 1.35 bits per heavy atom. The molecule has 1 heterocycles. The van der Waals surface area contributed by atoms with E-state index in [9.17, 15) is 0 Å². The van der Waals surface area contributed by atoms with Crippen LogP contribution in [0.15, 0.2) is 24.3 Å². The van der Waals surface area contributed by atoms with E-state index in [0.717, 1.165) is 18.1 Å². The lowest BCUT2D eigenvalue weighted by atomic mass is 9.91. The summed E-state index contributed by atoms with van der Waals surface area (Å²) < 4.78 is 5.39. The molecule has 2 atom stereocenters. The summed E-state index contributed by atoms with van der Waals surface area (Å²) in [5.41, 5.74) is 1.33. The van der Waals surface area contributed by atoms with Crippen molar-refractivity contribution in [1.29, 1.82) is 0 Å². The van der Waals surface area contributed by atoms with E-state index < -0.39 is 0 Å². The Hall–Kier alpha value is -1.02. The number of hydrogen-bond donors (Lipinski definition) is 1. The molecule has 1 aliphatic rings. The number of methoxy groups -OCH3 is 1. The van der Waals surface area contributed by atoms with Crippen LogP contribution in [0.2, 0.25) is 0 Å². The molecular formula is C15H23NO. The molecule has 1 fully saturated rings. The maximum Gasteiger partial charge on any atom is 0.122 e. The first-order valence-corrected chi connectivity index (χ1v) is 6.65. The van der Waals surface area contributed by atoms with Crippen LogP contribution in [0, 0.1) is 5.92 Å². The molecule has 0 spiro atoms. The molecule has 1 aliphatic heterocycles. The van der Waals surface area contributed by atoms with Gasteiger partial charge in [-0.2, -0.15) is 0 Å². The van der Waals surface area contributed by atoms with Gasteiger partial charge in [-0.3, -0.25) is 0 Å². The molecule has 1 aromatic rings. The molecule has 2 nitrogen and oxygen atoms in total. The number of nitrogens with one attached hydrogen (secondary N) is 1. The minimum atomic E-state index is 0.684. The number of ether oxygens (including phenoxy) is 1. The highest BCUT2D eigenvalue weighted by Crippen LogP contribution is 2.22. The van der Waals surface area contributed by atoms with Crippen LogP contribution in [0.4, 0.5) is 0 Å². The lowest BCUT2D eigenvalue weighted by Gasteiger charge is -2.28. The van der Waals surface area contributed by atoms with E-state index in [1.807, 2.05) is 12.1 Å². The lowest BCUT2D eigenvalue weighted by Crippen LogP contribution is -2.37. The first-order valence-electron chi connectivity index (χ1n) is 6.65. The molecule has 1 aromatic carbocycles. The third-order valence-corrected chi connectivity index (χ3v) is 3.71. The molecule has 2 heteroatoms. The Balaban J connectivity index is 1.88. The molecule has 17 heavy (non-hydrogen) atoms. The maximum absolute atomic E-state index is 5.39. The summed E-state index contributed by atoms with van der Waals surface area (Å²) in [6.45, 7) is 3.54. The summed E-state index contributed by atoms with van der Waals surface area (Å²) in [6.07, 6.45) is 4.96. The molecular weight excluding hydrogens is 210 g/mol.